The maximum Gasteiger partial charge on any atom is 0.242 e. The van der Waals surface area contributed by atoms with E-state index in [1.54, 1.807) is 12.1 Å². The number of aromatic nitrogens is 1. The zero-order valence-electron chi connectivity index (χ0n) is 15.2. The van der Waals surface area contributed by atoms with E-state index in [1.807, 2.05) is 43.3 Å². The molecule has 2 heterocycles. The van der Waals surface area contributed by atoms with Crippen LogP contribution in [0, 0.1) is 12.7 Å². The minimum atomic E-state index is -0.240. The van der Waals surface area contributed by atoms with E-state index in [1.165, 1.54) is 11.1 Å². The molecule has 1 aromatic heterocycles. The molecule has 136 valence electrons. The molecule has 1 aliphatic heterocycles. The van der Waals surface area contributed by atoms with Gasteiger partial charge in [-0.3, -0.25) is 9.78 Å². The van der Waals surface area contributed by atoms with Crippen molar-refractivity contribution in [2.75, 3.05) is 6.54 Å². The molecule has 0 aliphatic carbocycles. The van der Waals surface area contributed by atoms with E-state index >= 15 is 0 Å². The molecule has 27 heavy (non-hydrogen) atoms. The first kappa shape index (κ1) is 17.3. The van der Waals surface area contributed by atoms with Crippen molar-refractivity contribution in [2.45, 2.75) is 26.2 Å². The maximum absolute atomic E-state index is 14.2. The summed E-state index contributed by atoms with van der Waals surface area (Å²) in [6.45, 7) is 2.55. The average molecular weight is 361 g/mol. The SMILES string of the molecule is Cc1cccc(C(Cc2ccc(F)c3ccccc23)=NN2CCCC2=O)n1. The molecule has 1 amide bonds. The number of amides is 1. The second-order valence-electron chi connectivity index (χ2n) is 6.76. The van der Waals surface area contributed by atoms with Crippen LogP contribution >= 0.6 is 0 Å². The standard InChI is InChI=1S/C22H20FN3O/c1-15-6-4-9-20(24-15)21(25-26-13-5-10-22(26)27)14-16-11-12-19(23)18-8-3-2-7-17(16)18/h2-4,6-9,11-12H,5,10,13-14H2,1H3. The van der Waals surface area contributed by atoms with Gasteiger partial charge in [0.2, 0.25) is 5.91 Å². The molecule has 0 atom stereocenters. The highest BCUT2D eigenvalue weighted by Crippen LogP contribution is 2.24. The molecular weight excluding hydrogens is 341 g/mol. The molecule has 4 nitrogen and oxygen atoms in total. The molecule has 5 heteroatoms. The number of fused-ring (bicyclic) bond motifs is 1. The second kappa shape index (κ2) is 7.27. The van der Waals surface area contributed by atoms with E-state index in [4.69, 9.17) is 0 Å². The Labute approximate surface area is 157 Å². The number of carbonyl (C=O) groups is 1. The molecule has 2 aromatic carbocycles. The molecular formula is C22H20FN3O. The molecule has 0 spiro atoms. The van der Waals surface area contributed by atoms with Gasteiger partial charge in [0.25, 0.3) is 0 Å². The van der Waals surface area contributed by atoms with Crippen molar-refractivity contribution in [3.63, 3.8) is 0 Å². The normalized spacial score (nSPS) is 15.0. The van der Waals surface area contributed by atoms with Crippen LogP contribution in [0.1, 0.15) is 29.8 Å². The van der Waals surface area contributed by atoms with Gasteiger partial charge in [-0.2, -0.15) is 5.10 Å². The van der Waals surface area contributed by atoms with Gasteiger partial charge in [0.15, 0.2) is 0 Å². The lowest BCUT2D eigenvalue weighted by atomic mass is 9.98. The summed E-state index contributed by atoms with van der Waals surface area (Å²) in [6.07, 6.45) is 1.81. The van der Waals surface area contributed by atoms with Crippen LogP contribution < -0.4 is 0 Å². The van der Waals surface area contributed by atoms with Crippen molar-refractivity contribution in [3.8, 4) is 0 Å². The van der Waals surface area contributed by atoms with Gasteiger partial charge in [-0.25, -0.2) is 9.40 Å². The van der Waals surface area contributed by atoms with Gasteiger partial charge in [0.05, 0.1) is 11.4 Å². The fraction of sp³-hybridized carbons (Fsp3) is 0.227. The first-order chi connectivity index (χ1) is 13.1. The molecule has 1 fully saturated rings. The van der Waals surface area contributed by atoms with Crippen LogP contribution in [-0.4, -0.2) is 28.2 Å². The summed E-state index contributed by atoms with van der Waals surface area (Å²) >= 11 is 0. The number of pyridine rings is 1. The Hall–Kier alpha value is -3.08. The molecule has 1 saturated heterocycles. The number of hydrazone groups is 1. The number of benzene rings is 2. The predicted molar refractivity (Wildman–Crippen MR) is 104 cm³/mol. The fourth-order valence-corrected chi connectivity index (χ4v) is 3.43. The van der Waals surface area contributed by atoms with Crippen LogP contribution in [0.2, 0.25) is 0 Å². The van der Waals surface area contributed by atoms with Crippen LogP contribution in [0.4, 0.5) is 4.39 Å². The number of carbonyl (C=O) groups excluding carboxylic acids is 1. The largest absolute Gasteiger partial charge is 0.273 e. The maximum atomic E-state index is 14.2. The summed E-state index contributed by atoms with van der Waals surface area (Å²) in [5, 5.41) is 7.61. The third-order valence-corrected chi connectivity index (χ3v) is 4.79. The number of hydrogen-bond donors (Lipinski definition) is 0. The Morgan fingerprint density at radius 1 is 1.11 bits per heavy atom. The molecule has 0 bridgehead atoms. The predicted octanol–water partition coefficient (Wildman–Crippen LogP) is 4.25. The summed E-state index contributed by atoms with van der Waals surface area (Å²) < 4.78 is 14.2. The van der Waals surface area contributed by atoms with Gasteiger partial charge in [-0.05, 0) is 42.5 Å². The Morgan fingerprint density at radius 3 is 2.67 bits per heavy atom. The summed E-state index contributed by atoms with van der Waals surface area (Å²) in [4.78, 5) is 16.7. The molecule has 0 unspecified atom stereocenters. The van der Waals surface area contributed by atoms with Crippen molar-refractivity contribution >= 4 is 22.4 Å². The lowest BCUT2D eigenvalue weighted by molar-refractivity contribution is -0.127. The highest BCUT2D eigenvalue weighted by molar-refractivity contribution is 6.03. The third-order valence-electron chi connectivity index (χ3n) is 4.79. The Balaban J connectivity index is 1.79. The summed E-state index contributed by atoms with van der Waals surface area (Å²) in [7, 11) is 0. The number of nitrogens with zero attached hydrogens (tertiary/aromatic N) is 3. The number of halogens is 1. The minimum absolute atomic E-state index is 0.0316. The molecule has 4 rings (SSSR count). The summed E-state index contributed by atoms with van der Waals surface area (Å²) in [5.41, 5.74) is 3.30. The minimum Gasteiger partial charge on any atom is -0.273 e. The van der Waals surface area contributed by atoms with Crippen molar-refractivity contribution in [2.24, 2.45) is 5.10 Å². The van der Waals surface area contributed by atoms with E-state index in [0.29, 0.717) is 30.5 Å². The van der Waals surface area contributed by atoms with Crippen LogP contribution in [0.3, 0.4) is 0 Å². The summed E-state index contributed by atoms with van der Waals surface area (Å²) in [6, 6.07) is 16.5. The molecule has 0 saturated carbocycles. The second-order valence-corrected chi connectivity index (χ2v) is 6.76. The third kappa shape index (κ3) is 3.58. The van der Waals surface area contributed by atoms with E-state index in [-0.39, 0.29) is 11.7 Å². The van der Waals surface area contributed by atoms with Crippen LogP contribution in [-0.2, 0) is 11.2 Å². The van der Waals surface area contributed by atoms with Gasteiger partial charge in [0, 0.05) is 30.5 Å². The van der Waals surface area contributed by atoms with Gasteiger partial charge < -0.3 is 0 Å². The van der Waals surface area contributed by atoms with Gasteiger partial charge in [-0.1, -0.05) is 36.4 Å². The van der Waals surface area contributed by atoms with E-state index < -0.39 is 0 Å². The Morgan fingerprint density at radius 2 is 1.93 bits per heavy atom. The fourth-order valence-electron chi connectivity index (χ4n) is 3.43. The van der Waals surface area contributed by atoms with Gasteiger partial charge >= 0.3 is 0 Å². The first-order valence-electron chi connectivity index (χ1n) is 9.10. The van der Waals surface area contributed by atoms with E-state index in [0.717, 1.165) is 28.8 Å². The summed E-state index contributed by atoms with van der Waals surface area (Å²) in [5.74, 6) is -0.208. The lowest BCUT2D eigenvalue weighted by Gasteiger charge is -2.14. The number of rotatable bonds is 4. The van der Waals surface area contributed by atoms with Gasteiger partial charge in [0.1, 0.15) is 5.82 Å². The van der Waals surface area contributed by atoms with Crippen molar-refractivity contribution in [3.05, 3.63) is 77.4 Å². The van der Waals surface area contributed by atoms with Crippen LogP contribution in [0.25, 0.3) is 10.8 Å². The Kier molecular flexibility index (Phi) is 4.67. The molecule has 3 aromatic rings. The van der Waals surface area contributed by atoms with Gasteiger partial charge in [-0.15, -0.1) is 0 Å². The lowest BCUT2D eigenvalue weighted by Crippen LogP contribution is -2.22. The zero-order chi connectivity index (χ0) is 18.8. The van der Waals surface area contributed by atoms with Crippen LogP contribution in [0.15, 0.2) is 59.7 Å². The highest BCUT2D eigenvalue weighted by Gasteiger charge is 2.21. The molecule has 0 N–H and O–H groups in total. The topological polar surface area (TPSA) is 45.6 Å². The number of hydrogen-bond acceptors (Lipinski definition) is 3. The monoisotopic (exact) mass is 361 g/mol. The van der Waals surface area contributed by atoms with Crippen molar-refractivity contribution < 1.29 is 9.18 Å². The van der Waals surface area contributed by atoms with E-state index in [2.05, 4.69) is 10.1 Å². The molecule has 1 aliphatic rings. The first-order valence-corrected chi connectivity index (χ1v) is 9.10. The quantitative estimate of drug-likeness (QED) is 0.652. The zero-order valence-corrected chi connectivity index (χ0v) is 15.2. The van der Waals surface area contributed by atoms with Crippen LogP contribution in [0.5, 0.6) is 0 Å². The van der Waals surface area contributed by atoms with Crippen molar-refractivity contribution in [1.82, 2.24) is 9.99 Å². The Bertz CT molecular complexity index is 1040. The smallest absolute Gasteiger partial charge is 0.242 e. The van der Waals surface area contributed by atoms with E-state index in [9.17, 15) is 9.18 Å². The number of aryl methyl sites for hydroxylation is 1. The average Bonchev–Trinajstić information content (AvgIpc) is 3.08. The highest BCUT2D eigenvalue weighted by atomic mass is 19.1. The van der Waals surface area contributed by atoms with Crippen molar-refractivity contribution in [1.29, 1.82) is 0 Å². The molecule has 0 radical (unpaired) electrons.